The Kier molecular flexibility index (Phi) is 8.64. The van der Waals surface area contributed by atoms with Crippen LogP contribution in [0.15, 0.2) is 42.5 Å². The molecule has 4 nitrogen and oxygen atoms in total. The van der Waals surface area contributed by atoms with Gasteiger partial charge in [0.05, 0.1) is 26.4 Å². The van der Waals surface area contributed by atoms with E-state index in [0.29, 0.717) is 0 Å². The van der Waals surface area contributed by atoms with Crippen LogP contribution >= 0.6 is 0 Å². The van der Waals surface area contributed by atoms with Crippen molar-refractivity contribution in [1.29, 1.82) is 0 Å². The van der Waals surface area contributed by atoms with Gasteiger partial charge in [0.1, 0.15) is 5.75 Å². The fourth-order valence-corrected chi connectivity index (χ4v) is 3.62. The Morgan fingerprint density at radius 1 is 1.00 bits per heavy atom. The summed E-state index contributed by atoms with van der Waals surface area (Å²) < 4.78 is 17.4. The molecule has 0 bridgehead atoms. The van der Waals surface area contributed by atoms with Crippen LogP contribution in [0.4, 0.5) is 0 Å². The summed E-state index contributed by atoms with van der Waals surface area (Å²) in [7, 11) is 1.71. The van der Waals surface area contributed by atoms with Crippen LogP contribution in [0.2, 0.25) is 0 Å². The lowest BCUT2D eigenvalue weighted by atomic mass is 9.93. The van der Waals surface area contributed by atoms with Gasteiger partial charge in [0, 0.05) is 6.54 Å². The molecule has 162 valence electrons. The molecule has 0 amide bonds. The first kappa shape index (κ1) is 22.2. The van der Waals surface area contributed by atoms with Crippen LogP contribution in [0.3, 0.4) is 0 Å². The Balaban J connectivity index is 1.75. The lowest BCUT2D eigenvalue weighted by molar-refractivity contribution is 0.287. The molecule has 1 aliphatic rings. The molecule has 0 spiro atoms. The second kappa shape index (κ2) is 11.7. The zero-order chi connectivity index (χ0) is 21.2. The monoisotopic (exact) mass is 409 g/mol. The van der Waals surface area contributed by atoms with Gasteiger partial charge in [-0.1, -0.05) is 51.0 Å². The van der Waals surface area contributed by atoms with E-state index >= 15 is 0 Å². The summed E-state index contributed by atoms with van der Waals surface area (Å²) in [6.45, 7) is 6.78. The first-order valence-corrected chi connectivity index (χ1v) is 11.2. The minimum Gasteiger partial charge on any atom is -0.494 e. The van der Waals surface area contributed by atoms with E-state index in [1.54, 1.807) is 7.11 Å². The van der Waals surface area contributed by atoms with Crippen molar-refractivity contribution >= 4 is 6.08 Å². The zero-order valence-corrected chi connectivity index (χ0v) is 18.6. The Bertz CT molecular complexity index is 831. The van der Waals surface area contributed by atoms with E-state index in [2.05, 4.69) is 55.6 Å². The van der Waals surface area contributed by atoms with Crippen molar-refractivity contribution in [3.8, 4) is 17.2 Å². The molecule has 0 aliphatic carbocycles. The van der Waals surface area contributed by atoms with Gasteiger partial charge in [0.25, 0.3) is 0 Å². The lowest BCUT2D eigenvalue weighted by Gasteiger charge is -2.26. The maximum Gasteiger partial charge on any atom is 0.161 e. The molecule has 0 saturated carbocycles. The molecule has 4 heteroatoms. The summed E-state index contributed by atoms with van der Waals surface area (Å²) in [5.74, 6) is 2.59. The molecule has 30 heavy (non-hydrogen) atoms. The second-order valence-corrected chi connectivity index (χ2v) is 7.72. The largest absolute Gasteiger partial charge is 0.494 e. The summed E-state index contributed by atoms with van der Waals surface area (Å²) in [5, 5.41) is 3.61. The number of rotatable bonds is 11. The maximum absolute atomic E-state index is 5.98. The Morgan fingerprint density at radius 2 is 1.80 bits per heavy atom. The Morgan fingerprint density at radius 3 is 2.57 bits per heavy atom. The molecule has 1 atom stereocenters. The summed E-state index contributed by atoms with van der Waals surface area (Å²) in [6.07, 6.45) is 9.77. The molecule has 0 aromatic heterocycles. The van der Waals surface area contributed by atoms with Crippen molar-refractivity contribution in [3.05, 3.63) is 59.2 Å². The lowest BCUT2D eigenvalue weighted by Crippen LogP contribution is -2.28. The summed E-state index contributed by atoms with van der Waals surface area (Å²) in [4.78, 5) is 0. The Hall–Kier alpha value is -2.46. The third-order valence-corrected chi connectivity index (χ3v) is 5.38. The second-order valence-electron chi connectivity index (χ2n) is 7.72. The van der Waals surface area contributed by atoms with E-state index in [1.165, 1.54) is 11.1 Å². The van der Waals surface area contributed by atoms with E-state index < -0.39 is 0 Å². The topological polar surface area (TPSA) is 39.7 Å². The summed E-state index contributed by atoms with van der Waals surface area (Å²) in [5.41, 5.74) is 3.73. The summed E-state index contributed by atoms with van der Waals surface area (Å²) >= 11 is 0. The number of fused-ring (bicyclic) bond motifs is 1. The quantitative estimate of drug-likeness (QED) is 0.465. The van der Waals surface area contributed by atoms with Gasteiger partial charge in [0.15, 0.2) is 11.5 Å². The van der Waals surface area contributed by atoms with Gasteiger partial charge in [-0.2, -0.15) is 0 Å². The van der Waals surface area contributed by atoms with Crippen LogP contribution in [-0.2, 0) is 6.42 Å². The third kappa shape index (κ3) is 6.02. The van der Waals surface area contributed by atoms with Crippen LogP contribution in [0.1, 0.15) is 62.3 Å². The smallest absolute Gasteiger partial charge is 0.161 e. The highest BCUT2D eigenvalue weighted by molar-refractivity contribution is 5.55. The molecule has 0 saturated heterocycles. The SMILES string of the molecule is CCCCOc1cccc(/C=C/C2NCCc3cc(OCCCC)c(OC)cc32)c1. The first-order valence-electron chi connectivity index (χ1n) is 11.2. The van der Waals surface area contributed by atoms with E-state index in [-0.39, 0.29) is 6.04 Å². The number of methoxy groups -OCH3 is 1. The third-order valence-electron chi connectivity index (χ3n) is 5.38. The number of benzene rings is 2. The number of hydrogen-bond donors (Lipinski definition) is 1. The fraction of sp³-hybridized carbons (Fsp3) is 0.462. The molecule has 1 unspecified atom stereocenters. The van der Waals surface area contributed by atoms with Gasteiger partial charge in [-0.25, -0.2) is 0 Å². The molecular formula is C26H35NO3. The van der Waals surface area contributed by atoms with Crippen LogP contribution in [-0.4, -0.2) is 26.9 Å². The van der Waals surface area contributed by atoms with Gasteiger partial charge >= 0.3 is 0 Å². The van der Waals surface area contributed by atoms with Crippen molar-refractivity contribution in [1.82, 2.24) is 5.32 Å². The molecule has 1 heterocycles. The van der Waals surface area contributed by atoms with Crippen molar-refractivity contribution in [2.24, 2.45) is 0 Å². The summed E-state index contributed by atoms with van der Waals surface area (Å²) in [6, 6.07) is 12.7. The van der Waals surface area contributed by atoms with Crippen LogP contribution in [0.5, 0.6) is 17.2 Å². The number of ether oxygens (including phenoxy) is 3. The fourth-order valence-electron chi connectivity index (χ4n) is 3.62. The molecule has 1 aliphatic heterocycles. The minimum absolute atomic E-state index is 0.150. The predicted molar refractivity (Wildman–Crippen MR) is 124 cm³/mol. The molecular weight excluding hydrogens is 374 g/mol. The molecule has 0 radical (unpaired) electrons. The van der Waals surface area contributed by atoms with Crippen molar-refractivity contribution in [2.45, 2.75) is 52.0 Å². The molecule has 2 aromatic rings. The van der Waals surface area contributed by atoms with Crippen LogP contribution in [0, 0.1) is 0 Å². The highest BCUT2D eigenvalue weighted by Gasteiger charge is 2.21. The molecule has 3 rings (SSSR count). The number of unbranched alkanes of at least 4 members (excludes halogenated alkanes) is 2. The average Bonchev–Trinajstić information content (AvgIpc) is 2.78. The first-order chi connectivity index (χ1) is 14.7. The van der Waals surface area contributed by atoms with E-state index in [9.17, 15) is 0 Å². The van der Waals surface area contributed by atoms with Gasteiger partial charge < -0.3 is 19.5 Å². The van der Waals surface area contributed by atoms with E-state index in [4.69, 9.17) is 14.2 Å². The zero-order valence-electron chi connectivity index (χ0n) is 18.6. The standard InChI is InChI=1S/C26H35NO3/c1-4-6-15-29-22-10-8-9-20(17-22)11-12-24-23-19-25(28-3)26(30-16-7-5-2)18-21(23)13-14-27-24/h8-12,17-19,24,27H,4-7,13-16H2,1-3H3/b12-11+. The van der Waals surface area contributed by atoms with Crippen molar-refractivity contribution in [2.75, 3.05) is 26.9 Å². The van der Waals surface area contributed by atoms with Gasteiger partial charge in [-0.3, -0.25) is 0 Å². The van der Waals surface area contributed by atoms with Gasteiger partial charge in [-0.05, 0) is 60.2 Å². The predicted octanol–water partition coefficient (Wildman–Crippen LogP) is 5.95. The van der Waals surface area contributed by atoms with Crippen molar-refractivity contribution < 1.29 is 14.2 Å². The van der Waals surface area contributed by atoms with Gasteiger partial charge in [0.2, 0.25) is 0 Å². The van der Waals surface area contributed by atoms with Crippen molar-refractivity contribution in [3.63, 3.8) is 0 Å². The highest BCUT2D eigenvalue weighted by Crippen LogP contribution is 2.36. The average molecular weight is 410 g/mol. The van der Waals surface area contributed by atoms with E-state index in [1.807, 2.05) is 12.1 Å². The maximum atomic E-state index is 5.98. The number of hydrogen-bond acceptors (Lipinski definition) is 4. The van der Waals surface area contributed by atoms with Crippen LogP contribution < -0.4 is 19.5 Å². The highest BCUT2D eigenvalue weighted by atomic mass is 16.5. The van der Waals surface area contributed by atoms with E-state index in [0.717, 1.165) is 74.7 Å². The minimum atomic E-state index is 0.150. The number of nitrogens with one attached hydrogen (secondary N) is 1. The normalized spacial score (nSPS) is 15.8. The molecule has 2 aromatic carbocycles. The molecule has 1 N–H and O–H groups in total. The van der Waals surface area contributed by atoms with Gasteiger partial charge in [-0.15, -0.1) is 0 Å². The molecule has 0 fully saturated rings. The Labute approximate surface area is 181 Å². The van der Waals surface area contributed by atoms with Crippen LogP contribution in [0.25, 0.3) is 6.08 Å².